The Morgan fingerprint density at radius 1 is 0.703 bits per heavy atom. The maximum absolute atomic E-state index is 12.3. The molecule has 4 aliphatic rings. The largest absolute Gasteiger partial charge is 0.481 e. The van der Waals surface area contributed by atoms with Gasteiger partial charge in [0.25, 0.3) is 11.8 Å². The highest BCUT2D eigenvalue weighted by atomic mass is 32.2. The number of ether oxygens (including phenoxy) is 1. The lowest BCUT2D eigenvalue weighted by Crippen LogP contribution is -2.55. The Morgan fingerprint density at radius 3 is 1.55 bits per heavy atom. The average Bonchev–Trinajstić information content (AvgIpc) is 3.27. The summed E-state index contributed by atoms with van der Waals surface area (Å²) >= 11 is 0. The summed E-state index contributed by atoms with van der Waals surface area (Å²) in [4.78, 5) is 80.9. The number of benzene rings is 2. The van der Waals surface area contributed by atoms with Crippen LogP contribution in [-0.2, 0) is 34.0 Å². The summed E-state index contributed by atoms with van der Waals surface area (Å²) in [5.41, 5.74) is 17.5. The zero-order valence-electron chi connectivity index (χ0n) is 41.8. The first-order valence-corrected chi connectivity index (χ1v) is 27.5. The molecule has 0 aliphatic carbocycles. The fourth-order valence-corrected chi connectivity index (χ4v) is 9.13. The second-order valence-corrected chi connectivity index (χ2v) is 23.4. The summed E-state index contributed by atoms with van der Waals surface area (Å²) in [7, 11) is -6.61. The van der Waals surface area contributed by atoms with E-state index in [1.165, 1.54) is 41.6 Å². The number of sulfone groups is 2. The SMILES string of the molecule is CC(C)(C)OC(=O)N1CC(C(=O)O)C1.CS(=O)(=O)c1ccc(Nc2nc(N3CCCC(N)C3)cnc2C(N)=O)cc1.CS(=O)(=O)c1ccc(Nc2nc(N3CCCC(NC(=O)C4CNC4)C3)cnc2C(N)=O)cc1. The molecule has 4 aliphatic heterocycles. The molecule has 2 aromatic heterocycles. The maximum atomic E-state index is 12.3. The van der Waals surface area contributed by atoms with E-state index in [1.807, 2.05) is 9.80 Å². The number of aromatic nitrogens is 4. The molecule has 400 valence electrons. The van der Waals surface area contributed by atoms with E-state index in [-0.39, 0.29) is 69.8 Å². The van der Waals surface area contributed by atoms with Gasteiger partial charge in [0.1, 0.15) is 17.2 Å². The van der Waals surface area contributed by atoms with Gasteiger partial charge in [-0.3, -0.25) is 19.2 Å². The molecule has 25 nitrogen and oxygen atoms in total. The minimum Gasteiger partial charge on any atom is -0.481 e. The van der Waals surface area contributed by atoms with Gasteiger partial charge in [0.15, 0.2) is 42.7 Å². The van der Waals surface area contributed by atoms with Gasteiger partial charge in [0.05, 0.1) is 34.0 Å². The first kappa shape index (κ1) is 56.1. The highest BCUT2D eigenvalue weighted by Gasteiger charge is 2.38. The lowest BCUT2D eigenvalue weighted by Gasteiger charge is -2.37. The minimum atomic E-state index is -3.32. The third-order valence-electron chi connectivity index (χ3n) is 12.0. The summed E-state index contributed by atoms with van der Waals surface area (Å²) < 4.78 is 51.6. The third kappa shape index (κ3) is 15.6. The molecule has 4 aromatic rings. The van der Waals surface area contributed by atoms with E-state index in [0.717, 1.165) is 51.3 Å². The molecule has 2 unspecified atom stereocenters. The number of hydrogen-bond acceptors (Lipinski definition) is 20. The van der Waals surface area contributed by atoms with Crippen LogP contribution in [0.3, 0.4) is 0 Å². The summed E-state index contributed by atoms with van der Waals surface area (Å²) in [5.74, 6) is -1.08. The van der Waals surface area contributed by atoms with Crippen molar-refractivity contribution >= 4 is 84.1 Å². The fraction of sp³-hybridized carbons (Fsp3) is 0.468. The van der Waals surface area contributed by atoms with Crippen LogP contribution < -0.4 is 48.3 Å². The summed E-state index contributed by atoms with van der Waals surface area (Å²) in [6.45, 7) is 10.1. The van der Waals surface area contributed by atoms with E-state index in [0.29, 0.717) is 49.2 Å². The number of likely N-dealkylation sites (tertiary alicyclic amines) is 1. The van der Waals surface area contributed by atoms with Crippen LogP contribution in [0.1, 0.15) is 67.4 Å². The second-order valence-electron chi connectivity index (χ2n) is 19.3. The molecule has 0 spiro atoms. The smallest absolute Gasteiger partial charge is 0.410 e. The molecule has 6 heterocycles. The zero-order valence-corrected chi connectivity index (χ0v) is 43.4. The molecule has 74 heavy (non-hydrogen) atoms. The Morgan fingerprint density at radius 2 is 1.16 bits per heavy atom. The average molecular weight is 1070 g/mol. The predicted molar refractivity (Wildman–Crippen MR) is 275 cm³/mol. The van der Waals surface area contributed by atoms with Gasteiger partial charge in [-0.05, 0) is 95.0 Å². The number of carbonyl (C=O) groups is 5. The van der Waals surface area contributed by atoms with Gasteiger partial charge in [0, 0.05) is 88.3 Å². The van der Waals surface area contributed by atoms with Crippen molar-refractivity contribution in [3.8, 4) is 0 Å². The van der Waals surface area contributed by atoms with Crippen LogP contribution in [-0.4, -0.2) is 159 Å². The summed E-state index contributed by atoms with van der Waals surface area (Å²) in [6.07, 6.45) is 8.52. The zero-order chi connectivity index (χ0) is 54.1. The van der Waals surface area contributed by atoms with Gasteiger partial charge in [-0.15, -0.1) is 0 Å². The number of carbonyl (C=O) groups excluding carboxylic acids is 4. The molecule has 27 heteroatoms. The number of primary amides is 2. The van der Waals surface area contributed by atoms with E-state index in [2.05, 4.69) is 41.2 Å². The Bertz CT molecular complexity index is 2910. The van der Waals surface area contributed by atoms with Crippen LogP contribution in [0.2, 0.25) is 0 Å². The number of carboxylic acids is 1. The number of hydrogen-bond donors (Lipinski definition) is 8. The molecule has 0 bridgehead atoms. The lowest BCUT2D eigenvalue weighted by atomic mass is 10.00. The lowest BCUT2D eigenvalue weighted by molar-refractivity contribution is -0.146. The van der Waals surface area contributed by atoms with Crippen LogP contribution in [0, 0.1) is 11.8 Å². The number of nitrogens with zero attached hydrogens (tertiary/aromatic N) is 7. The van der Waals surface area contributed by atoms with E-state index in [9.17, 15) is 40.8 Å². The van der Waals surface area contributed by atoms with Crippen molar-refractivity contribution in [3.05, 3.63) is 72.3 Å². The summed E-state index contributed by atoms with van der Waals surface area (Å²) in [6, 6.07) is 12.3. The number of piperidine rings is 2. The molecule has 11 N–H and O–H groups in total. The Balaban J connectivity index is 0.000000195. The molecule has 8 rings (SSSR count). The van der Waals surface area contributed by atoms with Crippen LogP contribution in [0.15, 0.2) is 70.7 Å². The summed E-state index contributed by atoms with van der Waals surface area (Å²) in [5, 5.41) is 20.8. The van der Waals surface area contributed by atoms with Crippen molar-refractivity contribution in [1.82, 2.24) is 35.5 Å². The quantitative estimate of drug-likeness (QED) is 0.0943. The van der Waals surface area contributed by atoms with Crippen molar-refractivity contribution in [3.63, 3.8) is 0 Å². The van der Waals surface area contributed by atoms with Crippen LogP contribution in [0.5, 0.6) is 0 Å². The normalized spacial score (nSPS) is 18.2. The molecule has 0 radical (unpaired) electrons. The number of nitrogens with two attached hydrogens (primary N) is 3. The molecule has 4 amide bonds. The van der Waals surface area contributed by atoms with Gasteiger partial charge in [-0.2, -0.15) is 0 Å². The molecule has 0 saturated carbocycles. The number of carboxylic acid groups (broad SMARTS) is 1. The van der Waals surface area contributed by atoms with Gasteiger partial charge < -0.3 is 63.0 Å². The van der Waals surface area contributed by atoms with E-state index in [1.54, 1.807) is 45.0 Å². The number of rotatable bonds is 13. The first-order valence-electron chi connectivity index (χ1n) is 23.7. The standard InChI is InChI=1S/C21H27N7O4S.C17H22N6O3S.C9H15NO4/c1-33(31,32)16-6-4-14(5-7-16)25-20-18(19(22)29)24-11-17(27-20)28-8-2-3-15(12-28)26-21(30)13-9-23-10-13;1-27(25,26)13-6-4-12(5-7-13)21-17-15(16(19)24)20-9-14(22-17)23-8-2-3-11(18)10-23;1-9(2,3)14-8(13)10-4-6(5-10)7(11)12/h4-7,11,13,15,23H,2-3,8-10,12H2,1H3,(H2,22,29)(H,25,27)(H,26,30);4-7,9,11H,2-3,8,10,18H2,1H3,(H2,19,24)(H,21,22);6H,4-5H2,1-3H3,(H,11,12). The number of nitrogens with one attached hydrogen (secondary N) is 4. The van der Waals surface area contributed by atoms with Crippen molar-refractivity contribution < 1.29 is 50.7 Å². The maximum Gasteiger partial charge on any atom is 0.410 e. The molecular weight excluding hydrogens is 1000 g/mol. The second kappa shape index (κ2) is 23.8. The molecule has 4 fully saturated rings. The van der Waals surface area contributed by atoms with Gasteiger partial charge in [0.2, 0.25) is 5.91 Å². The van der Waals surface area contributed by atoms with Gasteiger partial charge in [-0.25, -0.2) is 41.6 Å². The van der Waals surface area contributed by atoms with Crippen LogP contribution >= 0.6 is 0 Å². The van der Waals surface area contributed by atoms with Crippen LogP contribution in [0.25, 0.3) is 0 Å². The Kier molecular flexibility index (Phi) is 18.0. The number of amides is 4. The van der Waals surface area contributed by atoms with Crippen molar-refractivity contribution in [1.29, 1.82) is 0 Å². The number of anilines is 6. The third-order valence-corrected chi connectivity index (χ3v) is 14.2. The molecule has 4 saturated heterocycles. The molecular formula is C47H64N14O11S2. The highest BCUT2D eigenvalue weighted by molar-refractivity contribution is 7.91. The number of aliphatic carboxylic acids is 1. The molecule has 2 atom stereocenters. The van der Waals surface area contributed by atoms with Crippen molar-refractivity contribution in [2.24, 2.45) is 29.0 Å². The minimum absolute atomic E-state index is 0.00409. The predicted octanol–water partition coefficient (Wildman–Crippen LogP) is 1.62. The van der Waals surface area contributed by atoms with Crippen LogP contribution in [0.4, 0.5) is 39.4 Å². The highest BCUT2D eigenvalue weighted by Crippen LogP contribution is 2.27. The van der Waals surface area contributed by atoms with E-state index < -0.39 is 55.1 Å². The Hall–Kier alpha value is -7.23. The van der Waals surface area contributed by atoms with Gasteiger partial charge >= 0.3 is 12.1 Å². The van der Waals surface area contributed by atoms with Crippen molar-refractivity contribution in [2.75, 3.05) is 85.3 Å². The van der Waals surface area contributed by atoms with E-state index in [4.69, 9.17) is 27.0 Å². The van der Waals surface area contributed by atoms with Gasteiger partial charge in [-0.1, -0.05) is 0 Å². The van der Waals surface area contributed by atoms with E-state index >= 15 is 0 Å². The fourth-order valence-electron chi connectivity index (χ4n) is 7.87. The molecule has 2 aromatic carbocycles. The van der Waals surface area contributed by atoms with Crippen molar-refractivity contribution in [2.45, 2.75) is 73.9 Å². The monoisotopic (exact) mass is 1060 g/mol. The topological polar surface area (TPSA) is 371 Å². The Labute approximate surface area is 429 Å². The first-order chi connectivity index (χ1) is 34.7.